The van der Waals surface area contributed by atoms with Crippen LogP contribution in [-0.4, -0.2) is 29.7 Å². The lowest BCUT2D eigenvalue weighted by atomic mass is 10.4. The van der Waals surface area contributed by atoms with E-state index in [1.807, 2.05) is 0 Å². The van der Waals surface area contributed by atoms with E-state index in [1.165, 1.54) is 6.20 Å². The monoisotopic (exact) mass is 299 g/mol. The lowest BCUT2D eigenvalue weighted by Gasteiger charge is -2.02. The van der Waals surface area contributed by atoms with E-state index in [-0.39, 0.29) is 18.0 Å². The number of hydrogen-bond donors (Lipinski definition) is 2. The third-order valence-electron chi connectivity index (χ3n) is 2.80. The second-order valence-corrected chi connectivity index (χ2v) is 6.13. The Morgan fingerprint density at radius 2 is 2.25 bits per heavy atom. The first-order valence-corrected chi connectivity index (χ1v) is 7.55. The molecule has 0 fully saturated rings. The first-order valence-electron chi connectivity index (χ1n) is 6.06. The molecule has 9 heteroatoms. The van der Waals surface area contributed by atoms with Crippen LogP contribution in [0.4, 0.5) is 0 Å². The first-order chi connectivity index (χ1) is 9.42. The van der Waals surface area contributed by atoms with E-state index in [0.29, 0.717) is 18.1 Å². The van der Waals surface area contributed by atoms with Gasteiger partial charge in [0.1, 0.15) is 0 Å². The molecule has 20 heavy (non-hydrogen) atoms. The quantitative estimate of drug-likeness (QED) is 0.756. The van der Waals surface area contributed by atoms with Gasteiger partial charge in [0.05, 0.1) is 4.90 Å². The van der Waals surface area contributed by atoms with Crippen LogP contribution in [0, 0.1) is 6.92 Å². The van der Waals surface area contributed by atoms with Crippen molar-refractivity contribution in [3.8, 4) is 0 Å². The van der Waals surface area contributed by atoms with Gasteiger partial charge in [0.25, 0.3) is 0 Å². The minimum atomic E-state index is -3.55. The van der Waals surface area contributed by atoms with Crippen molar-refractivity contribution in [3.63, 3.8) is 0 Å². The molecule has 3 N–H and O–H groups in total. The zero-order valence-electron chi connectivity index (χ0n) is 11.3. The van der Waals surface area contributed by atoms with Crippen molar-refractivity contribution < 1.29 is 12.9 Å². The van der Waals surface area contributed by atoms with Gasteiger partial charge < -0.3 is 14.8 Å². The van der Waals surface area contributed by atoms with Crippen molar-refractivity contribution in [3.05, 3.63) is 29.7 Å². The number of aromatic nitrogens is 3. The van der Waals surface area contributed by atoms with E-state index in [0.717, 1.165) is 5.69 Å². The van der Waals surface area contributed by atoms with Gasteiger partial charge in [0, 0.05) is 38.4 Å². The Labute approximate surface area is 117 Å². The number of sulfonamides is 1. The summed E-state index contributed by atoms with van der Waals surface area (Å²) < 4.78 is 33.2. The Bertz CT molecular complexity index is 689. The molecule has 2 aromatic heterocycles. The molecule has 0 unspecified atom stereocenters. The van der Waals surface area contributed by atoms with Crippen molar-refractivity contribution in [2.24, 2.45) is 12.8 Å². The molecule has 0 spiro atoms. The fourth-order valence-corrected chi connectivity index (χ4v) is 2.87. The minimum absolute atomic E-state index is 0.191. The summed E-state index contributed by atoms with van der Waals surface area (Å²) in [6.45, 7) is 2.18. The SMILES string of the molecule is Cc1noc(CCNS(=O)(=O)c2cc(CN)n(C)c2)n1. The smallest absolute Gasteiger partial charge is 0.242 e. The molecular weight excluding hydrogens is 282 g/mol. The van der Waals surface area contributed by atoms with Crippen molar-refractivity contribution in [1.82, 2.24) is 19.4 Å². The van der Waals surface area contributed by atoms with E-state index < -0.39 is 10.0 Å². The Morgan fingerprint density at radius 1 is 1.50 bits per heavy atom. The molecule has 0 aromatic carbocycles. The van der Waals surface area contributed by atoms with Crippen LogP contribution in [0.3, 0.4) is 0 Å². The van der Waals surface area contributed by atoms with E-state index in [9.17, 15) is 8.42 Å². The average Bonchev–Trinajstić information content (AvgIpc) is 2.95. The maximum Gasteiger partial charge on any atom is 0.242 e. The summed E-state index contributed by atoms with van der Waals surface area (Å²) in [5, 5.41) is 3.64. The molecular formula is C11H17N5O3S. The van der Waals surface area contributed by atoms with Gasteiger partial charge in [-0.05, 0) is 13.0 Å². The third-order valence-corrected chi connectivity index (χ3v) is 4.23. The molecule has 0 saturated carbocycles. The van der Waals surface area contributed by atoms with Crippen molar-refractivity contribution in [1.29, 1.82) is 0 Å². The van der Waals surface area contributed by atoms with Crippen LogP contribution in [0.2, 0.25) is 0 Å². The highest BCUT2D eigenvalue weighted by atomic mass is 32.2. The fourth-order valence-electron chi connectivity index (χ4n) is 1.74. The maximum atomic E-state index is 12.1. The maximum absolute atomic E-state index is 12.1. The Morgan fingerprint density at radius 3 is 2.80 bits per heavy atom. The summed E-state index contributed by atoms with van der Waals surface area (Å²) in [6, 6.07) is 1.55. The summed E-state index contributed by atoms with van der Waals surface area (Å²) in [5.74, 6) is 0.930. The molecule has 2 rings (SSSR count). The van der Waals surface area contributed by atoms with E-state index in [2.05, 4.69) is 14.9 Å². The molecule has 0 aliphatic carbocycles. The second-order valence-electron chi connectivity index (χ2n) is 4.37. The predicted octanol–water partition coefficient (Wildman–Crippen LogP) is -0.304. The highest BCUT2D eigenvalue weighted by Gasteiger charge is 2.17. The van der Waals surface area contributed by atoms with E-state index in [4.69, 9.17) is 10.3 Å². The number of hydrogen-bond acceptors (Lipinski definition) is 6. The molecule has 0 aliphatic heterocycles. The highest BCUT2D eigenvalue weighted by molar-refractivity contribution is 7.89. The molecule has 2 heterocycles. The summed E-state index contributed by atoms with van der Waals surface area (Å²) in [5.41, 5.74) is 6.27. The number of nitrogens with two attached hydrogens (primary N) is 1. The van der Waals surface area contributed by atoms with Crippen molar-refractivity contribution in [2.75, 3.05) is 6.54 Å². The van der Waals surface area contributed by atoms with Gasteiger partial charge in [-0.2, -0.15) is 4.98 Å². The molecule has 8 nitrogen and oxygen atoms in total. The zero-order valence-corrected chi connectivity index (χ0v) is 12.1. The second kappa shape index (κ2) is 5.73. The average molecular weight is 299 g/mol. The van der Waals surface area contributed by atoms with Gasteiger partial charge >= 0.3 is 0 Å². The lowest BCUT2D eigenvalue weighted by Crippen LogP contribution is -2.25. The minimum Gasteiger partial charge on any atom is -0.352 e. The Balaban J connectivity index is 2.00. The summed E-state index contributed by atoms with van der Waals surface area (Å²) in [6.07, 6.45) is 1.87. The van der Waals surface area contributed by atoms with Crippen molar-refractivity contribution >= 4 is 10.0 Å². The van der Waals surface area contributed by atoms with E-state index >= 15 is 0 Å². The molecule has 0 aliphatic rings. The van der Waals surface area contributed by atoms with E-state index in [1.54, 1.807) is 24.6 Å². The number of aryl methyl sites for hydroxylation is 2. The predicted molar refractivity (Wildman–Crippen MR) is 71.2 cm³/mol. The molecule has 0 amide bonds. The third kappa shape index (κ3) is 3.24. The van der Waals surface area contributed by atoms with Crippen LogP contribution in [0.25, 0.3) is 0 Å². The Hall–Kier alpha value is -1.71. The number of nitrogens with zero attached hydrogens (tertiary/aromatic N) is 3. The standard InChI is InChI=1S/C11H17N5O3S/c1-8-14-11(19-15-8)3-4-13-20(17,18)10-5-9(6-12)16(2)7-10/h5,7,13H,3-4,6,12H2,1-2H3. The van der Waals surface area contributed by atoms with Crippen molar-refractivity contribution in [2.45, 2.75) is 24.8 Å². The first kappa shape index (κ1) is 14.7. The van der Waals surface area contributed by atoms with Crippen LogP contribution in [0.15, 0.2) is 21.7 Å². The molecule has 0 bridgehead atoms. The molecule has 2 aromatic rings. The van der Waals surface area contributed by atoms with Crippen LogP contribution in [0.1, 0.15) is 17.4 Å². The van der Waals surface area contributed by atoms with Crippen LogP contribution in [0.5, 0.6) is 0 Å². The van der Waals surface area contributed by atoms with Crippen LogP contribution in [-0.2, 0) is 30.0 Å². The zero-order chi connectivity index (χ0) is 14.8. The fraction of sp³-hybridized carbons (Fsp3) is 0.455. The summed E-state index contributed by atoms with van der Waals surface area (Å²) >= 11 is 0. The van der Waals surface area contributed by atoms with Gasteiger partial charge in [-0.3, -0.25) is 0 Å². The van der Waals surface area contributed by atoms with Gasteiger partial charge in [0.2, 0.25) is 15.9 Å². The Kier molecular flexibility index (Phi) is 4.21. The number of nitrogens with one attached hydrogen (secondary N) is 1. The molecule has 0 saturated heterocycles. The van der Waals surface area contributed by atoms with Crippen LogP contribution >= 0.6 is 0 Å². The van der Waals surface area contributed by atoms with Crippen LogP contribution < -0.4 is 10.5 Å². The topological polar surface area (TPSA) is 116 Å². The summed E-state index contributed by atoms with van der Waals surface area (Å²) in [7, 11) is -1.80. The van der Waals surface area contributed by atoms with Gasteiger partial charge in [0.15, 0.2) is 5.82 Å². The normalized spacial score (nSPS) is 11.9. The molecule has 110 valence electrons. The molecule has 0 radical (unpaired) electrons. The van der Waals surface area contributed by atoms with Gasteiger partial charge in [-0.15, -0.1) is 0 Å². The van der Waals surface area contributed by atoms with Gasteiger partial charge in [-0.25, -0.2) is 13.1 Å². The number of rotatable bonds is 6. The largest absolute Gasteiger partial charge is 0.352 e. The molecule has 0 atom stereocenters. The van der Waals surface area contributed by atoms with Gasteiger partial charge in [-0.1, -0.05) is 5.16 Å². The highest BCUT2D eigenvalue weighted by Crippen LogP contribution is 2.12. The lowest BCUT2D eigenvalue weighted by molar-refractivity contribution is 0.375. The summed E-state index contributed by atoms with van der Waals surface area (Å²) in [4.78, 5) is 4.20.